The second-order valence-corrected chi connectivity index (χ2v) is 5.29. The van der Waals surface area contributed by atoms with E-state index in [4.69, 9.17) is 0 Å². The number of likely N-dealkylation sites (tertiary alicyclic amines) is 1. The molecule has 0 aromatic carbocycles. The van der Waals surface area contributed by atoms with Gasteiger partial charge in [0.25, 0.3) is 0 Å². The lowest BCUT2D eigenvalue weighted by atomic mass is 10.0. The first-order valence-electron chi connectivity index (χ1n) is 7.23. The lowest BCUT2D eigenvalue weighted by molar-refractivity contribution is 0.160. The van der Waals surface area contributed by atoms with Crippen LogP contribution in [0.4, 0.5) is 0 Å². The Bertz CT molecular complexity index is 162. The second kappa shape index (κ2) is 8.08. The van der Waals surface area contributed by atoms with Crippen molar-refractivity contribution in [2.45, 2.75) is 71.4 Å². The molecule has 2 heteroatoms. The van der Waals surface area contributed by atoms with Gasteiger partial charge >= 0.3 is 0 Å². The van der Waals surface area contributed by atoms with E-state index in [2.05, 4.69) is 31.0 Å². The van der Waals surface area contributed by atoms with E-state index in [9.17, 15) is 0 Å². The Kier molecular flexibility index (Phi) is 7.06. The van der Waals surface area contributed by atoms with Gasteiger partial charge in [0, 0.05) is 12.1 Å². The predicted octanol–water partition coefficient (Wildman–Crippen LogP) is 3.03. The standard InChI is InChI=1S/C14H30N2/c1-4-10-15-13(2)14(3)16-11-8-6-5-7-9-12-16/h13-15H,4-12H2,1-3H3. The van der Waals surface area contributed by atoms with Crippen molar-refractivity contribution in [3.8, 4) is 0 Å². The Labute approximate surface area is 102 Å². The Morgan fingerprint density at radius 2 is 1.56 bits per heavy atom. The van der Waals surface area contributed by atoms with Crippen LogP contribution >= 0.6 is 0 Å². The highest BCUT2D eigenvalue weighted by molar-refractivity contribution is 4.78. The normalized spacial score (nSPS) is 23.4. The van der Waals surface area contributed by atoms with E-state index < -0.39 is 0 Å². The predicted molar refractivity (Wildman–Crippen MR) is 71.9 cm³/mol. The van der Waals surface area contributed by atoms with Gasteiger partial charge in [0.1, 0.15) is 0 Å². The third kappa shape index (κ3) is 4.84. The van der Waals surface area contributed by atoms with Crippen LogP contribution in [0.5, 0.6) is 0 Å². The van der Waals surface area contributed by atoms with Crippen LogP contribution in [0.3, 0.4) is 0 Å². The molecular weight excluding hydrogens is 196 g/mol. The minimum atomic E-state index is 0.624. The maximum absolute atomic E-state index is 3.62. The molecule has 1 saturated heterocycles. The molecule has 1 fully saturated rings. The molecule has 2 nitrogen and oxygen atoms in total. The van der Waals surface area contributed by atoms with Crippen molar-refractivity contribution >= 4 is 0 Å². The summed E-state index contributed by atoms with van der Waals surface area (Å²) in [5.74, 6) is 0. The zero-order valence-corrected chi connectivity index (χ0v) is 11.5. The first-order valence-corrected chi connectivity index (χ1v) is 7.23. The minimum Gasteiger partial charge on any atom is -0.313 e. The van der Waals surface area contributed by atoms with Crippen molar-refractivity contribution in [1.82, 2.24) is 10.2 Å². The Balaban J connectivity index is 2.33. The molecule has 1 heterocycles. The second-order valence-electron chi connectivity index (χ2n) is 5.29. The summed E-state index contributed by atoms with van der Waals surface area (Å²) in [7, 11) is 0. The molecule has 2 unspecified atom stereocenters. The summed E-state index contributed by atoms with van der Waals surface area (Å²) in [4.78, 5) is 2.69. The number of hydrogen-bond acceptors (Lipinski definition) is 2. The van der Waals surface area contributed by atoms with Crippen LogP contribution in [-0.2, 0) is 0 Å². The fraction of sp³-hybridized carbons (Fsp3) is 1.00. The molecule has 0 bridgehead atoms. The van der Waals surface area contributed by atoms with E-state index >= 15 is 0 Å². The van der Waals surface area contributed by atoms with Crippen LogP contribution in [0.15, 0.2) is 0 Å². The Hall–Kier alpha value is -0.0800. The van der Waals surface area contributed by atoms with E-state index in [0.717, 1.165) is 6.54 Å². The van der Waals surface area contributed by atoms with Crippen LogP contribution in [0, 0.1) is 0 Å². The van der Waals surface area contributed by atoms with Crippen LogP contribution in [0.25, 0.3) is 0 Å². The zero-order valence-electron chi connectivity index (χ0n) is 11.5. The summed E-state index contributed by atoms with van der Waals surface area (Å²) in [5.41, 5.74) is 0. The van der Waals surface area contributed by atoms with Gasteiger partial charge in [-0.1, -0.05) is 26.2 Å². The number of nitrogens with one attached hydrogen (secondary N) is 1. The molecule has 0 aliphatic carbocycles. The third-order valence-corrected chi connectivity index (χ3v) is 3.91. The van der Waals surface area contributed by atoms with Gasteiger partial charge in [-0.3, -0.25) is 4.90 Å². The van der Waals surface area contributed by atoms with E-state index in [1.807, 2.05) is 0 Å². The van der Waals surface area contributed by atoms with Crippen molar-refractivity contribution in [3.05, 3.63) is 0 Å². The summed E-state index contributed by atoms with van der Waals surface area (Å²) in [6, 6.07) is 1.31. The first-order chi connectivity index (χ1) is 7.75. The van der Waals surface area contributed by atoms with Gasteiger partial charge in [0.15, 0.2) is 0 Å². The molecule has 16 heavy (non-hydrogen) atoms. The Morgan fingerprint density at radius 3 is 2.12 bits per heavy atom. The summed E-state index contributed by atoms with van der Waals surface area (Å²) < 4.78 is 0. The summed E-state index contributed by atoms with van der Waals surface area (Å²) in [6.07, 6.45) is 8.33. The first kappa shape index (κ1) is 14.0. The van der Waals surface area contributed by atoms with Crippen LogP contribution < -0.4 is 5.32 Å². The van der Waals surface area contributed by atoms with Crippen LogP contribution in [0.1, 0.15) is 59.3 Å². The van der Waals surface area contributed by atoms with E-state index in [1.165, 1.54) is 51.6 Å². The molecule has 1 rings (SSSR count). The minimum absolute atomic E-state index is 0.624. The topological polar surface area (TPSA) is 15.3 Å². The van der Waals surface area contributed by atoms with Crippen molar-refractivity contribution in [2.24, 2.45) is 0 Å². The summed E-state index contributed by atoms with van der Waals surface area (Å²) >= 11 is 0. The summed E-state index contributed by atoms with van der Waals surface area (Å²) in [6.45, 7) is 10.7. The smallest absolute Gasteiger partial charge is 0.0218 e. The molecule has 96 valence electrons. The highest BCUT2D eigenvalue weighted by atomic mass is 15.2. The molecule has 2 atom stereocenters. The highest BCUT2D eigenvalue weighted by Crippen LogP contribution is 2.14. The molecule has 0 aromatic rings. The molecule has 0 aromatic heterocycles. The van der Waals surface area contributed by atoms with E-state index in [0.29, 0.717) is 12.1 Å². The molecule has 1 aliphatic heterocycles. The maximum Gasteiger partial charge on any atom is 0.0218 e. The highest BCUT2D eigenvalue weighted by Gasteiger charge is 2.19. The number of nitrogens with zero attached hydrogens (tertiary/aromatic N) is 1. The molecule has 0 amide bonds. The summed E-state index contributed by atoms with van der Waals surface area (Å²) in [5, 5.41) is 3.62. The average Bonchev–Trinajstić information content (AvgIpc) is 2.24. The van der Waals surface area contributed by atoms with Crippen LogP contribution in [0.2, 0.25) is 0 Å². The molecule has 1 aliphatic rings. The molecule has 0 spiro atoms. The monoisotopic (exact) mass is 226 g/mol. The lowest BCUT2D eigenvalue weighted by Crippen LogP contribution is -2.48. The van der Waals surface area contributed by atoms with Gasteiger partial charge in [-0.2, -0.15) is 0 Å². The van der Waals surface area contributed by atoms with Gasteiger partial charge in [-0.15, -0.1) is 0 Å². The lowest BCUT2D eigenvalue weighted by Gasteiger charge is -2.34. The van der Waals surface area contributed by atoms with E-state index in [1.54, 1.807) is 0 Å². The number of hydrogen-bond donors (Lipinski definition) is 1. The Morgan fingerprint density at radius 1 is 1.00 bits per heavy atom. The van der Waals surface area contributed by atoms with Gasteiger partial charge < -0.3 is 5.32 Å². The van der Waals surface area contributed by atoms with Gasteiger partial charge in [-0.05, 0) is 52.7 Å². The zero-order chi connectivity index (χ0) is 11.8. The third-order valence-electron chi connectivity index (χ3n) is 3.91. The molecule has 0 saturated carbocycles. The van der Waals surface area contributed by atoms with Gasteiger partial charge in [0.2, 0.25) is 0 Å². The van der Waals surface area contributed by atoms with Crippen molar-refractivity contribution in [3.63, 3.8) is 0 Å². The fourth-order valence-corrected chi connectivity index (χ4v) is 2.54. The number of rotatable bonds is 5. The van der Waals surface area contributed by atoms with E-state index in [-0.39, 0.29) is 0 Å². The molecule has 1 N–H and O–H groups in total. The average molecular weight is 226 g/mol. The van der Waals surface area contributed by atoms with Crippen molar-refractivity contribution in [1.29, 1.82) is 0 Å². The van der Waals surface area contributed by atoms with Gasteiger partial charge in [0.05, 0.1) is 0 Å². The SMILES string of the molecule is CCCNC(C)C(C)N1CCCCCCC1. The maximum atomic E-state index is 3.62. The largest absolute Gasteiger partial charge is 0.313 e. The molecular formula is C14H30N2. The fourth-order valence-electron chi connectivity index (χ4n) is 2.54. The quantitative estimate of drug-likeness (QED) is 0.775. The van der Waals surface area contributed by atoms with Crippen LogP contribution in [-0.4, -0.2) is 36.6 Å². The van der Waals surface area contributed by atoms with Crippen molar-refractivity contribution < 1.29 is 0 Å². The van der Waals surface area contributed by atoms with Gasteiger partial charge in [-0.25, -0.2) is 0 Å². The van der Waals surface area contributed by atoms with Crippen molar-refractivity contribution in [2.75, 3.05) is 19.6 Å². The molecule has 0 radical (unpaired) electrons.